The number of H-pyrrole nitrogens is 1. The second-order valence-electron chi connectivity index (χ2n) is 4.19. The minimum Gasteiger partial charge on any atom is -0.378 e. The molecule has 2 aromatic rings. The predicted molar refractivity (Wildman–Crippen MR) is 80.1 cm³/mol. The molecule has 0 bridgehead atoms. The van der Waals surface area contributed by atoms with Crippen LogP contribution in [0.5, 0.6) is 0 Å². The number of benzene rings is 1. The molecule has 0 unspecified atom stereocenters. The van der Waals surface area contributed by atoms with Gasteiger partial charge in [-0.25, -0.2) is 0 Å². The third-order valence-electron chi connectivity index (χ3n) is 2.93. The molecule has 1 aliphatic heterocycles. The number of nitrogens with zero attached hydrogens (tertiary/aromatic N) is 2. The summed E-state index contributed by atoms with van der Waals surface area (Å²) < 4.78 is 6.03. The zero-order valence-corrected chi connectivity index (χ0v) is 11.9. The minimum absolute atomic E-state index is 0.674. The number of hydrogen-bond acceptors (Lipinski definition) is 6. The maximum absolute atomic E-state index is 5.35. The van der Waals surface area contributed by atoms with Gasteiger partial charge in [-0.3, -0.25) is 5.10 Å². The lowest BCUT2D eigenvalue weighted by Gasteiger charge is -2.28. The highest BCUT2D eigenvalue weighted by Crippen LogP contribution is 2.22. The lowest BCUT2D eigenvalue weighted by atomic mass is 10.2. The normalized spacial score (nSPS) is 15.5. The van der Waals surface area contributed by atoms with E-state index in [1.54, 1.807) is 0 Å². The molecule has 2 heterocycles. The van der Waals surface area contributed by atoms with Crippen molar-refractivity contribution in [2.75, 3.05) is 36.5 Å². The molecule has 0 atom stereocenters. The van der Waals surface area contributed by atoms with E-state index in [-0.39, 0.29) is 0 Å². The molecule has 0 aliphatic carbocycles. The summed E-state index contributed by atoms with van der Waals surface area (Å²) in [6.07, 6.45) is 0. The first kappa shape index (κ1) is 12.6. The molecular weight excluding hydrogens is 280 g/mol. The van der Waals surface area contributed by atoms with Crippen LogP contribution in [0.4, 0.5) is 16.5 Å². The Morgan fingerprint density at radius 2 is 2.00 bits per heavy atom. The molecule has 100 valence electrons. The molecule has 1 aromatic carbocycles. The van der Waals surface area contributed by atoms with Crippen LogP contribution in [-0.4, -0.2) is 36.5 Å². The lowest BCUT2D eigenvalue weighted by molar-refractivity contribution is 0.122. The summed E-state index contributed by atoms with van der Waals surface area (Å²) >= 11 is 6.42. The van der Waals surface area contributed by atoms with Gasteiger partial charge in [0.05, 0.1) is 13.2 Å². The van der Waals surface area contributed by atoms with Crippen molar-refractivity contribution >= 4 is 40.1 Å². The quantitative estimate of drug-likeness (QED) is 0.853. The second kappa shape index (κ2) is 5.68. The first-order valence-corrected chi connectivity index (χ1v) is 7.29. The lowest BCUT2D eigenvalue weighted by Crippen LogP contribution is -2.36. The van der Waals surface area contributed by atoms with Crippen LogP contribution >= 0.6 is 23.6 Å². The van der Waals surface area contributed by atoms with Gasteiger partial charge in [0.1, 0.15) is 0 Å². The van der Waals surface area contributed by atoms with Gasteiger partial charge < -0.3 is 15.0 Å². The Balaban J connectivity index is 1.69. The van der Waals surface area contributed by atoms with Crippen molar-refractivity contribution in [3.63, 3.8) is 0 Å². The SMILES string of the molecule is S=c1[nH]nc(Nc2ccc(N3CCOCC3)cc2)s1. The number of aromatic amines is 1. The monoisotopic (exact) mass is 294 g/mol. The molecule has 3 rings (SSSR count). The van der Waals surface area contributed by atoms with E-state index in [0.29, 0.717) is 3.95 Å². The van der Waals surface area contributed by atoms with Gasteiger partial charge >= 0.3 is 0 Å². The third kappa shape index (κ3) is 3.12. The van der Waals surface area contributed by atoms with Gasteiger partial charge in [0.25, 0.3) is 0 Å². The highest BCUT2D eigenvalue weighted by molar-refractivity contribution is 7.73. The second-order valence-corrected chi connectivity index (χ2v) is 5.86. The van der Waals surface area contributed by atoms with Crippen LogP contribution in [0.2, 0.25) is 0 Å². The fourth-order valence-corrected chi connectivity index (χ4v) is 2.79. The van der Waals surface area contributed by atoms with E-state index >= 15 is 0 Å². The van der Waals surface area contributed by atoms with E-state index in [1.807, 2.05) is 0 Å². The van der Waals surface area contributed by atoms with Crippen LogP contribution in [-0.2, 0) is 4.74 Å². The zero-order chi connectivity index (χ0) is 13.1. The highest BCUT2D eigenvalue weighted by Gasteiger charge is 2.10. The van der Waals surface area contributed by atoms with Crippen LogP contribution in [0.15, 0.2) is 24.3 Å². The molecule has 0 amide bonds. The molecule has 1 fully saturated rings. The molecule has 7 heteroatoms. The summed E-state index contributed by atoms with van der Waals surface area (Å²) in [5, 5.41) is 10.8. The summed E-state index contributed by atoms with van der Waals surface area (Å²) in [7, 11) is 0. The summed E-state index contributed by atoms with van der Waals surface area (Å²) in [6.45, 7) is 3.51. The van der Waals surface area contributed by atoms with Crippen molar-refractivity contribution in [3.05, 3.63) is 28.2 Å². The molecule has 5 nitrogen and oxygen atoms in total. The number of ether oxygens (including phenoxy) is 1. The molecule has 1 aromatic heterocycles. The minimum atomic E-state index is 0.674. The van der Waals surface area contributed by atoms with Crippen LogP contribution < -0.4 is 10.2 Å². The number of rotatable bonds is 3. The average Bonchev–Trinajstić information content (AvgIpc) is 2.86. The van der Waals surface area contributed by atoms with Crippen LogP contribution in [0.1, 0.15) is 0 Å². The standard InChI is InChI=1S/C12H14N4OS2/c18-12-15-14-11(19-12)13-9-1-3-10(4-2-9)16-5-7-17-8-6-16/h1-4H,5-8H2,(H,13,14)(H,15,18). The maximum atomic E-state index is 5.35. The van der Waals surface area contributed by atoms with E-state index in [2.05, 4.69) is 44.7 Å². The molecular formula is C12H14N4OS2. The molecule has 2 N–H and O–H groups in total. The maximum Gasteiger partial charge on any atom is 0.208 e. The van der Waals surface area contributed by atoms with E-state index < -0.39 is 0 Å². The first-order chi connectivity index (χ1) is 9.31. The largest absolute Gasteiger partial charge is 0.378 e. The van der Waals surface area contributed by atoms with Crippen molar-refractivity contribution in [1.82, 2.24) is 10.2 Å². The van der Waals surface area contributed by atoms with Gasteiger partial charge in [0.2, 0.25) is 5.13 Å². The fraction of sp³-hybridized carbons (Fsp3) is 0.333. The number of aromatic nitrogens is 2. The van der Waals surface area contributed by atoms with Gasteiger partial charge in [0.15, 0.2) is 3.95 Å². The van der Waals surface area contributed by atoms with Gasteiger partial charge in [-0.15, -0.1) is 5.10 Å². The number of anilines is 3. The topological polar surface area (TPSA) is 53.2 Å². The van der Waals surface area contributed by atoms with E-state index in [0.717, 1.165) is 37.1 Å². The Morgan fingerprint density at radius 1 is 1.26 bits per heavy atom. The average molecular weight is 294 g/mol. The van der Waals surface area contributed by atoms with Crippen molar-refractivity contribution in [2.45, 2.75) is 0 Å². The first-order valence-electron chi connectivity index (χ1n) is 6.06. The van der Waals surface area contributed by atoms with Crippen LogP contribution in [0.3, 0.4) is 0 Å². The third-order valence-corrected chi connectivity index (χ3v) is 3.94. The van der Waals surface area contributed by atoms with Crippen molar-refractivity contribution in [2.24, 2.45) is 0 Å². The van der Waals surface area contributed by atoms with E-state index in [1.165, 1.54) is 17.0 Å². The van der Waals surface area contributed by atoms with E-state index in [4.69, 9.17) is 17.0 Å². The van der Waals surface area contributed by atoms with Crippen molar-refractivity contribution in [3.8, 4) is 0 Å². The predicted octanol–water partition coefficient (Wildman–Crippen LogP) is 2.78. The Hall–Kier alpha value is -1.44. The smallest absolute Gasteiger partial charge is 0.208 e. The summed E-state index contributed by atoms with van der Waals surface area (Å²) in [6, 6.07) is 8.32. The molecule has 19 heavy (non-hydrogen) atoms. The molecule has 0 radical (unpaired) electrons. The summed E-state index contributed by atoms with van der Waals surface area (Å²) in [5.41, 5.74) is 2.23. The van der Waals surface area contributed by atoms with Crippen LogP contribution in [0.25, 0.3) is 0 Å². The fourth-order valence-electron chi connectivity index (χ4n) is 1.98. The molecule has 1 saturated heterocycles. The molecule has 0 saturated carbocycles. The Labute approximate surface area is 120 Å². The van der Waals surface area contributed by atoms with Gasteiger partial charge in [-0.2, -0.15) is 0 Å². The van der Waals surface area contributed by atoms with Gasteiger partial charge in [0, 0.05) is 24.5 Å². The van der Waals surface area contributed by atoms with Crippen molar-refractivity contribution < 1.29 is 4.74 Å². The zero-order valence-electron chi connectivity index (χ0n) is 10.3. The van der Waals surface area contributed by atoms with Gasteiger partial charge in [-0.1, -0.05) is 11.3 Å². The number of hydrogen-bond donors (Lipinski definition) is 2. The Bertz CT molecular complexity index is 586. The summed E-state index contributed by atoms with van der Waals surface area (Å²) in [4.78, 5) is 2.33. The molecule has 1 aliphatic rings. The summed E-state index contributed by atoms with van der Waals surface area (Å²) in [5.74, 6) is 0. The van der Waals surface area contributed by atoms with Crippen molar-refractivity contribution in [1.29, 1.82) is 0 Å². The van der Waals surface area contributed by atoms with Crippen LogP contribution in [0, 0.1) is 3.95 Å². The Kier molecular flexibility index (Phi) is 3.77. The molecule has 0 spiro atoms. The van der Waals surface area contributed by atoms with E-state index in [9.17, 15) is 0 Å². The Morgan fingerprint density at radius 3 is 2.63 bits per heavy atom. The van der Waals surface area contributed by atoms with Gasteiger partial charge in [-0.05, 0) is 36.5 Å². The number of morpholine rings is 1. The number of nitrogens with one attached hydrogen (secondary N) is 2. The highest BCUT2D eigenvalue weighted by atomic mass is 32.1.